The molecule has 0 amide bonds. The molecule has 2 heterocycles. The lowest BCUT2D eigenvalue weighted by molar-refractivity contribution is 0.451. The predicted octanol–water partition coefficient (Wildman–Crippen LogP) is 0.644. The quantitative estimate of drug-likeness (QED) is 0.745. The van der Waals surface area contributed by atoms with Gasteiger partial charge in [0, 0.05) is 0 Å². The second kappa shape index (κ2) is 4.01. The fourth-order valence-electron chi connectivity index (χ4n) is 1.10. The van der Waals surface area contributed by atoms with E-state index in [4.69, 9.17) is 4.42 Å². The zero-order valence-electron chi connectivity index (χ0n) is 7.77. The summed E-state index contributed by atoms with van der Waals surface area (Å²) < 4.78 is 5.08. The van der Waals surface area contributed by atoms with Crippen LogP contribution in [0, 0.1) is 0 Å². The van der Waals surface area contributed by atoms with Crippen molar-refractivity contribution < 1.29 is 4.42 Å². The van der Waals surface area contributed by atoms with E-state index < -0.39 is 0 Å². The van der Waals surface area contributed by atoms with Gasteiger partial charge in [0.1, 0.15) is 17.9 Å². The number of hydrogen-bond donors (Lipinski definition) is 2. The van der Waals surface area contributed by atoms with Gasteiger partial charge in [0.25, 0.3) is 0 Å². The fourth-order valence-corrected chi connectivity index (χ4v) is 1.10. The molecule has 74 valence electrons. The smallest absolute Gasteiger partial charge is 0.180 e. The van der Waals surface area contributed by atoms with Crippen molar-refractivity contribution in [3.05, 3.63) is 30.5 Å². The first-order valence-corrected chi connectivity index (χ1v) is 4.32. The van der Waals surface area contributed by atoms with Gasteiger partial charge in [-0.05, 0) is 6.92 Å². The van der Waals surface area contributed by atoms with Crippen LogP contribution in [0.25, 0.3) is 0 Å². The minimum absolute atomic E-state index is 0.114. The number of H-pyrrole nitrogens is 1. The number of nitrogens with zero attached hydrogens (tertiary/aromatic N) is 3. The molecule has 2 aromatic rings. The molecule has 2 N–H and O–H groups in total. The van der Waals surface area contributed by atoms with Crippen molar-refractivity contribution in [1.82, 2.24) is 25.5 Å². The highest BCUT2D eigenvalue weighted by atomic mass is 16.3. The maximum absolute atomic E-state index is 5.08. The molecule has 0 saturated carbocycles. The van der Waals surface area contributed by atoms with Crippen LogP contribution in [0.3, 0.4) is 0 Å². The first-order chi connectivity index (χ1) is 6.86. The molecule has 0 spiro atoms. The summed E-state index contributed by atoms with van der Waals surface area (Å²) in [5.74, 6) is 1.61. The van der Waals surface area contributed by atoms with Crippen molar-refractivity contribution >= 4 is 0 Å². The summed E-state index contributed by atoms with van der Waals surface area (Å²) in [6.45, 7) is 2.62. The Bertz CT molecular complexity index is 355. The minimum Gasteiger partial charge on any atom is -0.447 e. The lowest BCUT2D eigenvalue weighted by Gasteiger charge is -2.08. The fraction of sp³-hybridized carbons (Fsp3) is 0.375. The molecule has 6 nitrogen and oxygen atoms in total. The largest absolute Gasteiger partial charge is 0.447 e. The van der Waals surface area contributed by atoms with Gasteiger partial charge in [-0.3, -0.25) is 5.10 Å². The summed E-state index contributed by atoms with van der Waals surface area (Å²) >= 11 is 0. The SMILES string of the molecule is CC(NCc1cnco1)c1ncn[nH]1. The van der Waals surface area contributed by atoms with Crippen LogP contribution in [0.2, 0.25) is 0 Å². The number of nitrogens with one attached hydrogen (secondary N) is 2. The molecule has 0 radical (unpaired) electrons. The molecule has 1 unspecified atom stereocenters. The number of hydrogen-bond acceptors (Lipinski definition) is 5. The first-order valence-electron chi connectivity index (χ1n) is 4.32. The molecule has 0 aliphatic heterocycles. The molecule has 0 aliphatic rings. The molecule has 0 aliphatic carbocycles. The van der Waals surface area contributed by atoms with Crippen molar-refractivity contribution in [1.29, 1.82) is 0 Å². The highest BCUT2D eigenvalue weighted by molar-refractivity contribution is 4.92. The standard InChI is InChI=1S/C8H11N5O/c1-6(8-11-4-12-13-8)10-3-7-2-9-5-14-7/h2,4-6,10H,3H2,1H3,(H,11,12,13). The van der Waals surface area contributed by atoms with Gasteiger partial charge in [0.15, 0.2) is 6.39 Å². The van der Waals surface area contributed by atoms with E-state index in [0.29, 0.717) is 6.54 Å². The van der Waals surface area contributed by atoms with Crippen LogP contribution < -0.4 is 5.32 Å². The topological polar surface area (TPSA) is 79.6 Å². The van der Waals surface area contributed by atoms with Gasteiger partial charge in [-0.15, -0.1) is 0 Å². The van der Waals surface area contributed by atoms with Crippen LogP contribution in [0.1, 0.15) is 24.6 Å². The lowest BCUT2D eigenvalue weighted by Crippen LogP contribution is -2.18. The van der Waals surface area contributed by atoms with Crippen molar-refractivity contribution in [2.24, 2.45) is 0 Å². The Morgan fingerprint density at radius 3 is 3.21 bits per heavy atom. The van der Waals surface area contributed by atoms with E-state index in [0.717, 1.165) is 11.6 Å². The van der Waals surface area contributed by atoms with Crippen molar-refractivity contribution in [3.63, 3.8) is 0 Å². The second-order valence-electron chi connectivity index (χ2n) is 2.94. The van der Waals surface area contributed by atoms with E-state index in [2.05, 4.69) is 25.5 Å². The van der Waals surface area contributed by atoms with E-state index >= 15 is 0 Å². The van der Waals surface area contributed by atoms with Gasteiger partial charge >= 0.3 is 0 Å². The monoisotopic (exact) mass is 193 g/mol. The highest BCUT2D eigenvalue weighted by Gasteiger charge is 2.07. The maximum Gasteiger partial charge on any atom is 0.180 e. The van der Waals surface area contributed by atoms with E-state index in [1.807, 2.05) is 6.92 Å². The Labute approximate surface area is 80.8 Å². The molecule has 0 saturated heterocycles. The van der Waals surface area contributed by atoms with Crippen molar-refractivity contribution in [2.45, 2.75) is 19.5 Å². The van der Waals surface area contributed by atoms with Gasteiger partial charge in [-0.2, -0.15) is 5.10 Å². The molecule has 0 bridgehead atoms. The van der Waals surface area contributed by atoms with Crippen LogP contribution in [0.5, 0.6) is 0 Å². The van der Waals surface area contributed by atoms with Crippen molar-refractivity contribution in [3.8, 4) is 0 Å². The predicted molar refractivity (Wildman–Crippen MR) is 48.1 cm³/mol. The highest BCUT2D eigenvalue weighted by Crippen LogP contribution is 2.05. The van der Waals surface area contributed by atoms with Crippen LogP contribution in [0.15, 0.2) is 23.3 Å². The Kier molecular flexibility index (Phi) is 2.55. The average molecular weight is 193 g/mol. The third kappa shape index (κ3) is 1.97. The Morgan fingerprint density at radius 2 is 2.57 bits per heavy atom. The third-order valence-corrected chi connectivity index (χ3v) is 1.91. The average Bonchev–Trinajstić information content (AvgIpc) is 2.87. The summed E-state index contributed by atoms with van der Waals surface area (Å²) in [7, 11) is 0. The van der Waals surface area contributed by atoms with Crippen LogP contribution in [0.4, 0.5) is 0 Å². The molecule has 1 atom stereocenters. The van der Waals surface area contributed by atoms with Gasteiger partial charge in [-0.25, -0.2) is 9.97 Å². The molecule has 2 rings (SSSR count). The number of aromatic amines is 1. The lowest BCUT2D eigenvalue weighted by atomic mass is 10.3. The molecule has 0 fully saturated rings. The molecular weight excluding hydrogens is 182 g/mol. The Morgan fingerprint density at radius 1 is 1.64 bits per heavy atom. The van der Waals surface area contributed by atoms with E-state index in [1.54, 1.807) is 6.20 Å². The molecule has 6 heteroatoms. The van der Waals surface area contributed by atoms with Crippen LogP contribution in [-0.4, -0.2) is 20.2 Å². The van der Waals surface area contributed by atoms with Gasteiger partial charge in [-0.1, -0.05) is 0 Å². The number of aromatic nitrogens is 4. The van der Waals surface area contributed by atoms with E-state index in [1.165, 1.54) is 12.7 Å². The summed E-state index contributed by atoms with van der Waals surface area (Å²) in [6.07, 6.45) is 4.58. The summed E-state index contributed by atoms with van der Waals surface area (Å²) in [4.78, 5) is 7.86. The molecule has 2 aromatic heterocycles. The zero-order chi connectivity index (χ0) is 9.80. The van der Waals surface area contributed by atoms with Crippen molar-refractivity contribution in [2.75, 3.05) is 0 Å². The summed E-state index contributed by atoms with van der Waals surface area (Å²) in [5.41, 5.74) is 0. The minimum atomic E-state index is 0.114. The Balaban J connectivity index is 1.87. The Hall–Kier alpha value is -1.69. The number of rotatable bonds is 4. The second-order valence-corrected chi connectivity index (χ2v) is 2.94. The molecule has 0 aromatic carbocycles. The summed E-state index contributed by atoms with van der Waals surface area (Å²) in [6, 6.07) is 0.114. The molecule has 14 heavy (non-hydrogen) atoms. The van der Waals surface area contributed by atoms with Gasteiger partial charge in [0.05, 0.1) is 18.8 Å². The third-order valence-electron chi connectivity index (χ3n) is 1.91. The van der Waals surface area contributed by atoms with Crippen LogP contribution in [-0.2, 0) is 6.54 Å². The molecular formula is C8H11N5O. The van der Waals surface area contributed by atoms with Gasteiger partial charge in [0.2, 0.25) is 0 Å². The van der Waals surface area contributed by atoms with E-state index in [9.17, 15) is 0 Å². The normalized spacial score (nSPS) is 12.9. The zero-order valence-corrected chi connectivity index (χ0v) is 7.77. The number of oxazole rings is 1. The first kappa shape index (κ1) is 8.89. The van der Waals surface area contributed by atoms with Crippen LogP contribution >= 0.6 is 0 Å². The van der Waals surface area contributed by atoms with E-state index in [-0.39, 0.29) is 6.04 Å². The summed E-state index contributed by atoms with van der Waals surface area (Å²) in [5, 5.41) is 9.79. The maximum atomic E-state index is 5.08. The van der Waals surface area contributed by atoms with Gasteiger partial charge < -0.3 is 9.73 Å².